The fourth-order valence-electron chi connectivity index (χ4n) is 1.65. The molecule has 0 radical (unpaired) electrons. The highest BCUT2D eigenvalue weighted by atomic mass is 32.2. The molecular weight excluding hydrogens is 267 g/mol. The number of aliphatic hydroxyl groups is 1. The van der Waals surface area contributed by atoms with Crippen LogP contribution in [0.25, 0.3) is 0 Å². The SMILES string of the molecule is COc1ccc(CSc2ncc(CO)n2C)cc1F. The van der Waals surface area contributed by atoms with Crippen LogP contribution in [0.4, 0.5) is 4.39 Å². The van der Waals surface area contributed by atoms with Crippen molar-refractivity contribution in [3.05, 3.63) is 41.5 Å². The quantitative estimate of drug-likeness (QED) is 0.855. The first-order valence-corrected chi connectivity index (χ1v) is 6.71. The molecule has 0 fully saturated rings. The zero-order chi connectivity index (χ0) is 13.8. The molecule has 2 rings (SSSR count). The lowest BCUT2D eigenvalue weighted by Crippen LogP contribution is -1.97. The minimum absolute atomic E-state index is 0.0405. The van der Waals surface area contributed by atoms with Crippen molar-refractivity contribution >= 4 is 11.8 Å². The van der Waals surface area contributed by atoms with Crippen molar-refractivity contribution in [3.8, 4) is 5.75 Å². The number of benzene rings is 1. The monoisotopic (exact) mass is 282 g/mol. The van der Waals surface area contributed by atoms with Gasteiger partial charge in [0.1, 0.15) is 0 Å². The highest BCUT2D eigenvalue weighted by Gasteiger charge is 2.08. The maximum atomic E-state index is 13.5. The lowest BCUT2D eigenvalue weighted by atomic mass is 10.2. The Morgan fingerprint density at radius 3 is 2.84 bits per heavy atom. The Hall–Kier alpha value is -1.53. The third-order valence-electron chi connectivity index (χ3n) is 2.79. The number of methoxy groups -OCH3 is 1. The van der Waals surface area contributed by atoms with Crippen molar-refractivity contribution in [1.29, 1.82) is 0 Å². The largest absolute Gasteiger partial charge is 0.494 e. The number of ether oxygens (including phenoxy) is 1. The summed E-state index contributed by atoms with van der Waals surface area (Å²) in [6.07, 6.45) is 1.64. The minimum atomic E-state index is -0.364. The zero-order valence-corrected chi connectivity index (χ0v) is 11.6. The van der Waals surface area contributed by atoms with Crippen LogP contribution >= 0.6 is 11.8 Å². The van der Waals surface area contributed by atoms with Gasteiger partial charge in [-0.3, -0.25) is 0 Å². The van der Waals surface area contributed by atoms with Gasteiger partial charge in [-0.15, -0.1) is 0 Å². The number of halogens is 1. The summed E-state index contributed by atoms with van der Waals surface area (Å²) in [7, 11) is 3.28. The molecule has 6 heteroatoms. The van der Waals surface area contributed by atoms with E-state index in [0.717, 1.165) is 16.4 Å². The molecule has 4 nitrogen and oxygen atoms in total. The topological polar surface area (TPSA) is 47.3 Å². The second-order valence-electron chi connectivity index (χ2n) is 4.01. The Labute approximate surface area is 115 Å². The van der Waals surface area contributed by atoms with Gasteiger partial charge in [0.2, 0.25) is 0 Å². The van der Waals surface area contributed by atoms with E-state index in [-0.39, 0.29) is 18.2 Å². The molecule has 0 saturated carbocycles. The first kappa shape index (κ1) is 13.9. The van der Waals surface area contributed by atoms with Crippen molar-refractivity contribution in [2.45, 2.75) is 17.5 Å². The average molecular weight is 282 g/mol. The van der Waals surface area contributed by atoms with E-state index in [1.165, 1.54) is 24.9 Å². The second-order valence-corrected chi connectivity index (χ2v) is 4.95. The molecule has 1 N–H and O–H groups in total. The summed E-state index contributed by atoms with van der Waals surface area (Å²) in [5.41, 5.74) is 1.61. The molecule has 19 heavy (non-hydrogen) atoms. The smallest absolute Gasteiger partial charge is 0.168 e. The molecule has 0 bridgehead atoms. The van der Waals surface area contributed by atoms with E-state index in [4.69, 9.17) is 9.84 Å². The predicted octanol–water partition coefficient (Wildman–Crippen LogP) is 2.35. The van der Waals surface area contributed by atoms with Crippen LogP contribution < -0.4 is 4.74 Å². The molecule has 102 valence electrons. The molecule has 0 aliphatic carbocycles. The number of hydrogen-bond donors (Lipinski definition) is 1. The Morgan fingerprint density at radius 1 is 1.47 bits per heavy atom. The molecule has 1 aromatic carbocycles. The summed E-state index contributed by atoms with van der Waals surface area (Å²) >= 11 is 1.49. The van der Waals surface area contributed by atoms with E-state index >= 15 is 0 Å². The van der Waals surface area contributed by atoms with Crippen LogP contribution in [0.5, 0.6) is 5.75 Å². The molecule has 0 saturated heterocycles. The van der Waals surface area contributed by atoms with E-state index in [1.54, 1.807) is 12.3 Å². The lowest BCUT2D eigenvalue weighted by Gasteiger charge is -2.06. The van der Waals surface area contributed by atoms with E-state index in [0.29, 0.717) is 5.75 Å². The van der Waals surface area contributed by atoms with Gasteiger partial charge in [-0.25, -0.2) is 9.37 Å². The second kappa shape index (κ2) is 6.08. The van der Waals surface area contributed by atoms with Gasteiger partial charge in [0, 0.05) is 12.8 Å². The Bertz CT molecular complexity index is 572. The molecule has 0 amide bonds. The van der Waals surface area contributed by atoms with Crippen LogP contribution in [-0.2, 0) is 19.4 Å². The molecule has 0 aliphatic heterocycles. The number of thioether (sulfide) groups is 1. The van der Waals surface area contributed by atoms with Crippen LogP contribution in [0, 0.1) is 5.82 Å². The van der Waals surface area contributed by atoms with Crippen LogP contribution in [0.3, 0.4) is 0 Å². The highest BCUT2D eigenvalue weighted by molar-refractivity contribution is 7.98. The Morgan fingerprint density at radius 2 is 2.26 bits per heavy atom. The van der Waals surface area contributed by atoms with Gasteiger partial charge in [0.15, 0.2) is 16.7 Å². The summed E-state index contributed by atoms with van der Waals surface area (Å²) in [4.78, 5) is 4.21. The fourth-order valence-corrected chi connectivity index (χ4v) is 2.57. The van der Waals surface area contributed by atoms with Crippen LogP contribution in [0.1, 0.15) is 11.3 Å². The van der Waals surface area contributed by atoms with Crippen molar-refractivity contribution in [1.82, 2.24) is 9.55 Å². The molecule has 0 aliphatic rings. The summed E-state index contributed by atoms with van der Waals surface area (Å²) < 4.78 is 20.2. The van der Waals surface area contributed by atoms with Crippen LogP contribution in [0.15, 0.2) is 29.6 Å². The third-order valence-corrected chi connectivity index (χ3v) is 3.90. The summed E-state index contributed by atoms with van der Waals surface area (Å²) in [5, 5.41) is 9.87. The van der Waals surface area contributed by atoms with Crippen LogP contribution in [0.2, 0.25) is 0 Å². The van der Waals surface area contributed by atoms with Crippen molar-refractivity contribution in [3.63, 3.8) is 0 Å². The van der Waals surface area contributed by atoms with E-state index < -0.39 is 0 Å². The van der Waals surface area contributed by atoms with E-state index in [1.807, 2.05) is 17.7 Å². The molecule has 0 unspecified atom stereocenters. The van der Waals surface area contributed by atoms with Crippen LogP contribution in [-0.4, -0.2) is 21.8 Å². The van der Waals surface area contributed by atoms with E-state index in [2.05, 4.69) is 4.98 Å². The minimum Gasteiger partial charge on any atom is -0.494 e. The number of hydrogen-bond acceptors (Lipinski definition) is 4. The Balaban J connectivity index is 2.06. The normalized spacial score (nSPS) is 10.7. The Kier molecular flexibility index (Phi) is 4.44. The summed E-state index contributed by atoms with van der Waals surface area (Å²) in [6.45, 7) is -0.0405. The number of imidazole rings is 1. The maximum absolute atomic E-state index is 13.5. The predicted molar refractivity (Wildman–Crippen MR) is 71.6 cm³/mol. The summed E-state index contributed by atoms with van der Waals surface area (Å²) in [5.74, 6) is 0.487. The van der Waals surface area contributed by atoms with Gasteiger partial charge in [-0.2, -0.15) is 0 Å². The van der Waals surface area contributed by atoms with Gasteiger partial charge in [0.05, 0.1) is 25.6 Å². The van der Waals surface area contributed by atoms with Gasteiger partial charge >= 0.3 is 0 Å². The lowest BCUT2D eigenvalue weighted by molar-refractivity contribution is 0.271. The molecule has 0 spiro atoms. The molecular formula is C13H15FN2O2S. The average Bonchev–Trinajstić information content (AvgIpc) is 2.77. The van der Waals surface area contributed by atoms with Crippen molar-refractivity contribution in [2.75, 3.05) is 7.11 Å². The standard InChI is InChI=1S/C13H15FN2O2S/c1-16-10(7-17)6-15-13(16)19-8-9-3-4-12(18-2)11(14)5-9/h3-6,17H,7-8H2,1-2H3. The number of nitrogens with zero attached hydrogens (tertiary/aromatic N) is 2. The maximum Gasteiger partial charge on any atom is 0.168 e. The molecule has 2 aromatic rings. The fraction of sp³-hybridized carbons (Fsp3) is 0.308. The van der Waals surface area contributed by atoms with Gasteiger partial charge in [0.25, 0.3) is 0 Å². The molecule has 1 heterocycles. The number of aliphatic hydroxyl groups excluding tert-OH is 1. The van der Waals surface area contributed by atoms with Gasteiger partial charge in [-0.1, -0.05) is 17.8 Å². The third kappa shape index (κ3) is 3.08. The van der Waals surface area contributed by atoms with Gasteiger partial charge < -0.3 is 14.4 Å². The zero-order valence-electron chi connectivity index (χ0n) is 10.8. The van der Waals surface area contributed by atoms with Crippen molar-refractivity contribution < 1.29 is 14.2 Å². The van der Waals surface area contributed by atoms with Crippen molar-refractivity contribution in [2.24, 2.45) is 7.05 Å². The molecule has 0 atom stereocenters. The van der Waals surface area contributed by atoms with Gasteiger partial charge in [-0.05, 0) is 17.7 Å². The number of rotatable bonds is 5. The summed E-state index contributed by atoms with van der Waals surface area (Å²) in [6, 6.07) is 4.90. The number of aromatic nitrogens is 2. The first-order valence-electron chi connectivity index (χ1n) is 5.72. The first-order chi connectivity index (χ1) is 9.15. The molecule has 1 aromatic heterocycles. The van der Waals surface area contributed by atoms with E-state index in [9.17, 15) is 4.39 Å². The highest BCUT2D eigenvalue weighted by Crippen LogP contribution is 2.25.